The van der Waals surface area contributed by atoms with Gasteiger partial charge in [0.15, 0.2) is 0 Å². The summed E-state index contributed by atoms with van der Waals surface area (Å²) in [6.07, 6.45) is 10.5. The fourth-order valence-electron chi connectivity index (χ4n) is 7.03. The van der Waals surface area contributed by atoms with Gasteiger partial charge in [0, 0.05) is 31.2 Å². The molecule has 0 radical (unpaired) electrons. The van der Waals surface area contributed by atoms with Crippen LogP contribution in [0.1, 0.15) is 63.0 Å². The predicted molar refractivity (Wildman–Crippen MR) is 126 cm³/mol. The monoisotopic (exact) mass is 424 g/mol. The number of hydrogen-bond acceptors (Lipinski definition) is 4. The number of rotatable bonds is 4. The Morgan fingerprint density at radius 2 is 1.87 bits per heavy atom. The summed E-state index contributed by atoms with van der Waals surface area (Å²) in [7, 11) is 0. The summed E-state index contributed by atoms with van der Waals surface area (Å²) >= 11 is 0. The number of para-hydroxylation sites is 1. The van der Waals surface area contributed by atoms with E-state index in [0.717, 1.165) is 43.6 Å². The Morgan fingerprint density at radius 3 is 2.55 bits per heavy atom. The maximum atomic E-state index is 13.4. The Balaban J connectivity index is 1.28. The van der Waals surface area contributed by atoms with Gasteiger partial charge in [0.1, 0.15) is 6.04 Å². The summed E-state index contributed by atoms with van der Waals surface area (Å²) in [6, 6.07) is 6.54. The minimum absolute atomic E-state index is 0.155. The van der Waals surface area contributed by atoms with Crippen LogP contribution in [0.15, 0.2) is 18.2 Å². The summed E-state index contributed by atoms with van der Waals surface area (Å²) in [6.45, 7) is 7.39. The zero-order valence-electron chi connectivity index (χ0n) is 19.3. The predicted octanol–water partition coefficient (Wildman–Crippen LogP) is 3.37. The lowest BCUT2D eigenvalue weighted by Gasteiger charge is -2.55. The molecular formula is C26H40N4O. The van der Waals surface area contributed by atoms with Crippen molar-refractivity contribution in [2.75, 3.05) is 25.0 Å². The molecule has 0 spiro atoms. The van der Waals surface area contributed by atoms with Gasteiger partial charge in [-0.3, -0.25) is 4.79 Å². The maximum absolute atomic E-state index is 13.4. The second-order valence-corrected chi connectivity index (χ2v) is 10.8. The molecule has 1 amide bonds. The van der Waals surface area contributed by atoms with Crippen LogP contribution in [0.5, 0.6) is 0 Å². The molecular weight excluding hydrogens is 384 g/mol. The van der Waals surface area contributed by atoms with Gasteiger partial charge in [0.05, 0.1) is 5.54 Å². The highest BCUT2D eigenvalue weighted by Crippen LogP contribution is 2.41. The number of aryl methyl sites for hydroxylation is 1. The second kappa shape index (κ2) is 8.74. The van der Waals surface area contributed by atoms with E-state index < -0.39 is 0 Å². The molecule has 4 N–H and O–H groups in total. The lowest BCUT2D eigenvalue weighted by Crippen LogP contribution is -2.80. The molecule has 3 fully saturated rings. The molecule has 3 heterocycles. The lowest BCUT2D eigenvalue weighted by atomic mass is 9.65. The van der Waals surface area contributed by atoms with Gasteiger partial charge >= 0.3 is 0 Å². The van der Waals surface area contributed by atoms with Crippen molar-refractivity contribution in [3.63, 3.8) is 0 Å². The maximum Gasteiger partial charge on any atom is 0.243 e. The molecule has 1 aromatic rings. The van der Waals surface area contributed by atoms with Crippen molar-refractivity contribution in [1.29, 1.82) is 0 Å². The largest absolute Gasteiger partial charge is 0.373 e. The lowest BCUT2D eigenvalue weighted by molar-refractivity contribution is -0.125. The Hall–Kier alpha value is -1.59. The first kappa shape index (κ1) is 21.3. The number of anilines is 1. The van der Waals surface area contributed by atoms with E-state index in [0.29, 0.717) is 12.0 Å². The van der Waals surface area contributed by atoms with E-state index in [2.05, 4.69) is 53.3 Å². The minimum Gasteiger partial charge on any atom is -0.373 e. The molecule has 5 heteroatoms. The average Bonchev–Trinajstić information content (AvgIpc) is 3.01. The zero-order chi connectivity index (χ0) is 21.4. The van der Waals surface area contributed by atoms with Crippen molar-refractivity contribution in [1.82, 2.24) is 16.0 Å². The Kier molecular flexibility index (Phi) is 6.00. The van der Waals surface area contributed by atoms with Crippen LogP contribution in [0.25, 0.3) is 0 Å². The number of carbonyl (C=O) groups excluding carboxylic acids is 1. The smallest absolute Gasteiger partial charge is 0.243 e. The fourth-order valence-corrected chi connectivity index (χ4v) is 7.03. The first-order valence-electron chi connectivity index (χ1n) is 12.7. The van der Waals surface area contributed by atoms with E-state index in [-0.39, 0.29) is 17.5 Å². The molecule has 4 aliphatic rings. The topological polar surface area (TPSA) is 65.2 Å². The van der Waals surface area contributed by atoms with Crippen LogP contribution >= 0.6 is 0 Å². The van der Waals surface area contributed by atoms with E-state index in [1.54, 1.807) is 0 Å². The standard InChI is InChI=1S/C26H40N4O/c1-17-8-7-11-20-14-22(29-23(17)20)25(31)30-26(15-27-16-26)24-18(2)21(12-13-28-24)19-9-5-3-4-6-10-19/h7-8,11,18-19,21-22,24,27-29H,3-6,9-10,12-16H2,1-2H3,(H,30,31). The van der Waals surface area contributed by atoms with Gasteiger partial charge in [-0.25, -0.2) is 0 Å². The van der Waals surface area contributed by atoms with Gasteiger partial charge in [0.25, 0.3) is 0 Å². The first-order chi connectivity index (χ1) is 15.1. The van der Waals surface area contributed by atoms with Crippen LogP contribution < -0.4 is 21.3 Å². The molecule has 1 aromatic carbocycles. The van der Waals surface area contributed by atoms with Crippen molar-refractivity contribution in [3.05, 3.63) is 29.3 Å². The molecule has 5 rings (SSSR count). The summed E-state index contributed by atoms with van der Waals surface area (Å²) < 4.78 is 0. The quantitative estimate of drug-likeness (QED) is 0.560. The Labute approximate surface area is 187 Å². The molecule has 3 aliphatic heterocycles. The summed E-state index contributed by atoms with van der Waals surface area (Å²) in [5.74, 6) is 2.41. The zero-order valence-corrected chi connectivity index (χ0v) is 19.3. The van der Waals surface area contributed by atoms with E-state index >= 15 is 0 Å². The van der Waals surface area contributed by atoms with Crippen molar-refractivity contribution in [3.8, 4) is 0 Å². The van der Waals surface area contributed by atoms with Crippen molar-refractivity contribution in [2.24, 2.45) is 17.8 Å². The molecule has 31 heavy (non-hydrogen) atoms. The summed E-state index contributed by atoms with van der Waals surface area (Å²) in [5, 5.41) is 14.4. The minimum atomic E-state index is -0.162. The molecule has 2 saturated heterocycles. The SMILES string of the molecule is Cc1cccc2c1NC(C(=O)NC1(C3NCCC(C4CCCCCC4)C3C)CNC1)C2. The summed E-state index contributed by atoms with van der Waals surface area (Å²) in [4.78, 5) is 13.4. The number of fused-ring (bicyclic) bond motifs is 1. The molecule has 0 bridgehead atoms. The number of nitrogens with one attached hydrogen (secondary N) is 4. The number of piperidine rings is 1. The highest BCUT2D eigenvalue weighted by molar-refractivity contribution is 5.88. The molecule has 1 saturated carbocycles. The van der Waals surface area contributed by atoms with Gasteiger partial charge in [-0.15, -0.1) is 0 Å². The van der Waals surface area contributed by atoms with Gasteiger partial charge in [0.2, 0.25) is 5.91 Å². The van der Waals surface area contributed by atoms with Gasteiger partial charge in [-0.05, 0) is 48.8 Å². The van der Waals surface area contributed by atoms with E-state index in [1.807, 2.05) is 0 Å². The van der Waals surface area contributed by atoms with Crippen LogP contribution in [-0.4, -0.2) is 43.2 Å². The number of benzene rings is 1. The van der Waals surface area contributed by atoms with Crippen molar-refractivity contribution >= 4 is 11.6 Å². The summed E-state index contributed by atoms with van der Waals surface area (Å²) in [5.41, 5.74) is 3.48. The van der Waals surface area contributed by atoms with Gasteiger partial charge in [-0.1, -0.05) is 63.6 Å². The first-order valence-corrected chi connectivity index (χ1v) is 12.7. The van der Waals surface area contributed by atoms with E-state index in [9.17, 15) is 4.79 Å². The molecule has 0 aromatic heterocycles. The van der Waals surface area contributed by atoms with Crippen molar-refractivity contribution < 1.29 is 4.79 Å². The number of carbonyl (C=O) groups is 1. The van der Waals surface area contributed by atoms with Crippen LogP contribution in [-0.2, 0) is 11.2 Å². The number of hydrogen-bond donors (Lipinski definition) is 4. The highest BCUT2D eigenvalue weighted by atomic mass is 16.2. The Morgan fingerprint density at radius 1 is 1.10 bits per heavy atom. The van der Waals surface area contributed by atoms with Crippen LogP contribution in [0.3, 0.4) is 0 Å². The number of amides is 1. The molecule has 4 unspecified atom stereocenters. The van der Waals surface area contributed by atoms with E-state index in [4.69, 9.17) is 0 Å². The highest BCUT2D eigenvalue weighted by Gasteiger charge is 2.51. The molecule has 5 nitrogen and oxygen atoms in total. The average molecular weight is 425 g/mol. The van der Waals surface area contributed by atoms with Crippen LogP contribution in [0, 0.1) is 24.7 Å². The normalized spacial score (nSPS) is 33.0. The van der Waals surface area contributed by atoms with Crippen molar-refractivity contribution in [2.45, 2.75) is 82.8 Å². The van der Waals surface area contributed by atoms with Gasteiger partial charge in [-0.2, -0.15) is 0 Å². The van der Waals surface area contributed by atoms with Gasteiger partial charge < -0.3 is 21.3 Å². The third-order valence-corrected chi connectivity index (χ3v) is 8.81. The molecule has 1 aliphatic carbocycles. The second-order valence-electron chi connectivity index (χ2n) is 10.8. The Bertz CT molecular complexity index is 797. The van der Waals surface area contributed by atoms with Crippen LogP contribution in [0.4, 0.5) is 5.69 Å². The molecule has 170 valence electrons. The van der Waals surface area contributed by atoms with E-state index in [1.165, 1.54) is 56.1 Å². The third-order valence-electron chi connectivity index (χ3n) is 8.81. The molecule has 4 atom stereocenters. The fraction of sp³-hybridized carbons (Fsp3) is 0.731. The third kappa shape index (κ3) is 4.00. The van der Waals surface area contributed by atoms with Crippen LogP contribution in [0.2, 0.25) is 0 Å².